The summed E-state index contributed by atoms with van der Waals surface area (Å²) in [5.74, 6) is 3.25. The molecule has 0 amide bonds. The van der Waals surface area contributed by atoms with Gasteiger partial charge in [0.2, 0.25) is 0 Å². The highest BCUT2D eigenvalue weighted by Crippen LogP contribution is 2.28. The minimum Gasteiger partial charge on any atom is -0.497 e. The van der Waals surface area contributed by atoms with Gasteiger partial charge in [0.25, 0.3) is 0 Å². The Morgan fingerprint density at radius 1 is 0.463 bits per heavy atom. The fourth-order valence-electron chi connectivity index (χ4n) is 5.95. The molecule has 11 nitrogen and oxygen atoms in total. The number of benzene rings is 4. The van der Waals surface area contributed by atoms with Gasteiger partial charge in [0.05, 0.1) is 67.2 Å². The first-order valence-electron chi connectivity index (χ1n) is 17.9. The molecule has 0 saturated carbocycles. The van der Waals surface area contributed by atoms with Crippen LogP contribution in [0.4, 0.5) is 0 Å². The molecule has 1 saturated heterocycles. The highest BCUT2D eigenvalue weighted by molar-refractivity contribution is 5.29. The number of ether oxygens (including phenoxy) is 10. The SMILES string of the molecule is COc1ccc(CO[C@H]2[C@H](C)OC(O)[C@@H]2OCc2ccc(OC)cc2)cc1.COc1ccc(CO[C@H]2[C@H](C)OC=C[C@@H]2OCc2ccc(OC)cc2)cc1. The molecule has 2 heterocycles. The van der Waals surface area contributed by atoms with E-state index in [-0.39, 0.29) is 30.5 Å². The van der Waals surface area contributed by atoms with Crippen molar-refractivity contribution in [3.8, 4) is 23.0 Å². The predicted molar refractivity (Wildman–Crippen MR) is 203 cm³/mol. The van der Waals surface area contributed by atoms with E-state index in [1.807, 2.05) is 117 Å². The Morgan fingerprint density at radius 2 is 0.815 bits per heavy atom. The van der Waals surface area contributed by atoms with Crippen LogP contribution in [0.3, 0.4) is 0 Å². The van der Waals surface area contributed by atoms with Crippen molar-refractivity contribution in [3.63, 3.8) is 0 Å². The molecule has 11 heteroatoms. The van der Waals surface area contributed by atoms with E-state index in [1.54, 1.807) is 34.7 Å². The van der Waals surface area contributed by atoms with Crippen LogP contribution in [0.5, 0.6) is 23.0 Å². The molecule has 0 aromatic heterocycles. The van der Waals surface area contributed by atoms with Gasteiger partial charge in [0.15, 0.2) is 6.29 Å². The normalized spacial score (nSPS) is 23.1. The summed E-state index contributed by atoms with van der Waals surface area (Å²) in [5, 5.41) is 10.2. The Kier molecular flexibility index (Phi) is 15.6. The Morgan fingerprint density at radius 3 is 1.20 bits per heavy atom. The van der Waals surface area contributed by atoms with Crippen molar-refractivity contribution >= 4 is 0 Å². The fourth-order valence-corrected chi connectivity index (χ4v) is 5.95. The monoisotopic (exact) mass is 744 g/mol. The van der Waals surface area contributed by atoms with E-state index in [4.69, 9.17) is 47.4 Å². The third-order valence-electron chi connectivity index (χ3n) is 9.18. The zero-order valence-electron chi connectivity index (χ0n) is 31.8. The zero-order valence-corrected chi connectivity index (χ0v) is 31.8. The lowest BCUT2D eigenvalue weighted by Gasteiger charge is -2.32. The molecule has 0 spiro atoms. The van der Waals surface area contributed by atoms with Gasteiger partial charge in [0.1, 0.15) is 53.5 Å². The van der Waals surface area contributed by atoms with E-state index >= 15 is 0 Å². The van der Waals surface area contributed by atoms with E-state index in [0.717, 1.165) is 45.3 Å². The molecule has 4 aromatic rings. The topological polar surface area (TPSA) is 113 Å². The van der Waals surface area contributed by atoms with Crippen LogP contribution in [0, 0.1) is 0 Å². The van der Waals surface area contributed by atoms with Crippen molar-refractivity contribution in [2.45, 2.75) is 83.2 Å². The van der Waals surface area contributed by atoms with Crippen molar-refractivity contribution < 1.29 is 52.5 Å². The minimum absolute atomic E-state index is 0.0888. The number of aliphatic hydroxyl groups excluding tert-OH is 1. The van der Waals surface area contributed by atoms with Crippen LogP contribution in [0.1, 0.15) is 36.1 Å². The van der Waals surface area contributed by atoms with Crippen molar-refractivity contribution in [1.82, 2.24) is 0 Å². The van der Waals surface area contributed by atoms with Gasteiger partial charge < -0.3 is 52.5 Å². The summed E-state index contributed by atoms with van der Waals surface area (Å²) in [4.78, 5) is 0. The van der Waals surface area contributed by atoms with Crippen LogP contribution in [-0.4, -0.2) is 76.5 Å². The molecular formula is C43H52O11. The summed E-state index contributed by atoms with van der Waals surface area (Å²) in [6.45, 7) is 5.60. The van der Waals surface area contributed by atoms with Crippen molar-refractivity contribution in [2.75, 3.05) is 28.4 Å². The minimum atomic E-state index is -1.01. The molecular weight excluding hydrogens is 692 g/mol. The van der Waals surface area contributed by atoms with Crippen molar-refractivity contribution in [1.29, 1.82) is 0 Å². The maximum Gasteiger partial charge on any atom is 0.184 e. The molecule has 4 aromatic carbocycles. The number of aliphatic hydroxyl groups is 1. The fraction of sp³-hybridized carbons (Fsp3) is 0.395. The van der Waals surface area contributed by atoms with Crippen LogP contribution >= 0.6 is 0 Å². The molecule has 6 rings (SSSR count). The van der Waals surface area contributed by atoms with E-state index in [0.29, 0.717) is 26.4 Å². The summed E-state index contributed by atoms with van der Waals surface area (Å²) in [7, 11) is 6.58. The molecule has 290 valence electrons. The molecule has 2 aliphatic heterocycles. The summed E-state index contributed by atoms with van der Waals surface area (Å²) in [5.41, 5.74) is 4.15. The Hall–Kier alpha value is -4.62. The second-order valence-corrected chi connectivity index (χ2v) is 12.9. The molecule has 1 unspecified atom stereocenters. The maximum atomic E-state index is 10.2. The Bertz CT molecular complexity index is 1620. The van der Waals surface area contributed by atoms with Crippen LogP contribution < -0.4 is 18.9 Å². The number of hydrogen-bond acceptors (Lipinski definition) is 11. The molecule has 0 bridgehead atoms. The summed E-state index contributed by atoms with van der Waals surface area (Å²) >= 11 is 0. The van der Waals surface area contributed by atoms with Crippen molar-refractivity contribution in [3.05, 3.63) is 132 Å². The standard InChI is InChI=1S/C22H26O5.C21H26O6/c1-16-22(27-15-18-6-10-20(24-3)11-7-18)21(12-13-25-16)26-14-17-4-8-19(23-2)9-5-17;1-14-19(25-12-15-4-8-17(23-2)9-5-15)20(21(22)27-14)26-13-16-6-10-18(24-3)11-7-16/h4-13,16,21-22H,14-15H2,1-3H3;4-11,14,19-22H,12-13H2,1-3H3/t16-,21-,22-;14-,19-,20+,21?/m00/s1. The van der Waals surface area contributed by atoms with Crippen LogP contribution in [0.2, 0.25) is 0 Å². The van der Waals surface area contributed by atoms with Crippen molar-refractivity contribution in [2.24, 2.45) is 0 Å². The third kappa shape index (κ3) is 11.7. The molecule has 7 atom stereocenters. The lowest BCUT2D eigenvalue weighted by Crippen LogP contribution is -2.42. The van der Waals surface area contributed by atoms with Gasteiger partial charge in [-0.25, -0.2) is 0 Å². The lowest BCUT2D eigenvalue weighted by molar-refractivity contribution is -0.147. The zero-order chi connectivity index (χ0) is 38.3. The Labute approximate surface area is 318 Å². The molecule has 0 aliphatic carbocycles. The highest BCUT2D eigenvalue weighted by Gasteiger charge is 2.43. The van der Waals surface area contributed by atoms with Gasteiger partial charge in [-0.3, -0.25) is 0 Å². The Balaban J connectivity index is 0.000000208. The van der Waals surface area contributed by atoms with Gasteiger partial charge in [0, 0.05) is 0 Å². The first-order chi connectivity index (χ1) is 26.3. The molecule has 0 radical (unpaired) electrons. The first kappa shape index (κ1) is 40.6. The number of hydrogen-bond donors (Lipinski definition) is 1. The average Bonchev–Trinajstić information content (AvgIpc) is 3.49. The molecule has 2 aliphatic rings. The van der Waals surface area contributed by atoms with Crippen LogP contribution in [0.15, 0.2) is 109 Å². The summed E-state index contributed by atoms with van der Waals surface area (Å²) < 4.78 is 56.0. The first-order valence-corrected chi connectivity index (χ1v) is 17.9. The van der Waals surface area contributed by atoms with E-state index in [9.17, 15) is 5.11 Å². The van der Waals surface area contributed by atoms with E-state index < -0.39 is 12.4 Å². The second-order valence-electron chi connectivity index (χ2n) is 12.9. The summed E-state index contributed by atoms with van der Waals surface area (Å²) in [6.07, 6.45) is 0.955. The van der Waals surface area contributed by atoms with Gasteiger partial charge >= 0.3 is 0 Å². The smallest absolute Gasteiger partial charge is 0.184 e. The maximum absolute atomic E-state index is 10.2. The molecule has 1 fully saturated rings. The lowest BCUT2D eigenvalue weighted by atomic mass is 10.1. The van der Waals surface area contributed by atoms with E-state index in [1.165, 1.54) is 0 Å². The van der Waals surface area contributed by atoms with Gasteiger partial charge in [-0.05, 0) is 90.7 Å². The van der Waals surface area contributed by atoms with Gasteiger partial charge in [-0.1, -0.05) is 48.5 Å². The average molecular weight is 745 g/mol. The van der Waals surface area contributed by atoms with E-state index in [2.05, 4.69) is 0 Å². The van der Waals surface area contributed by atoms with Crippen LogP contribution in [-0.2, 0) is 54.8 Å². The predicted octanol–water partition coefficient (Wildman–Crippen LogP) is 7.02. The number of rotatable bonds is 16. The molecule has 54 heavy (non-hydrogen) atoms. The quantitative estimate of drug-likeness (QED) is 0.128. The largest absolute Gasteiger partial charge is 0.497 e. The second kappa shape index (κ2) is 20.7. The van der Waals surface area contributed by atoms with Gasteiger partial charge in [-0.15, -0.1) is 0 Å². The highest BCUT2D eigenvalue weighted by atomic mass is 16.7. The van der Waals surface area contributed by atoms with Gasteiger partial charge in [-0.2, -0.15) is 0 Å². The third-order valence-corrected chi connectivity index (χ3v) is 9.18. The van der Waals surface area contributed by atoms with Crippen LogP contribution in [0.25, 0.3) is 0 Å². The number of methoxy groups -OCH3 is 4. The summed E-state index contributed by atoms with van der Waals surface area (Å²) in [6, 6.07) is 31.0. The molecule has 1 N–H and O–H groups in total.